The molecule has 4 rings (SSSR count). The number of benzene rings is 1. The minimum Gasteiger partial charge on any atom is -0.264 e. The number of hydrogen-bond acceptors (Lipinski definition) is 5. The number of nitrogens with zero attached hydrogens (tertiary/aromatic N) is 5. The van der Waals surface area contributed by atoms with Crippen LogP contribution in [0.25, 0.3) is 26.9 Å². The molecule has 0 N–H and O–H groups in total. The lowest BCUT2D eigenvalue weighted by atomic mass is 10.2. The molecule has 21 heavy (non-hydrogen) atoms. The van der Waals surface area contributed by atoms with Crippen molar-refractivity contribution in [3.05, 3.63) is 53.8 Å². The van der Waals surface area contributed by atoms with Crippen molar-refractivity contribution >= 4 is 27.9 Å². The molecule has 5 nitrogen and oxygen atoms in total. The smallest absolute Gasteiger partial charge is 0.235 e. The Balaban J connectivity index is 1.87. The molecule has 4 aromatic rings. The zero-order valence-corrected chi connectivity index (χ0v) is 12.2. The summed E-state index contributed by atoms with van der Waals surface area (Å²) in [5, 5.41) is 14.5. The summed E-state index contributed by atoms with van der Waals surface area (Å²) in [6, 6.07) is 11.4. The number of hydrogen-bond donors (Lipinski definition) is 0. The van der Waals surface area contributed by atoms with E-state index in [0.717, 1.165) is 21.1 Å². The average Bonchev–Trinajstić information content (AvgIpc) is 3.08. The summed E-state index contributed by atoms with van der Waals surface area (Å²) in [5.41, 5.74) is 1.85. The zero-order chi connectivity index (χ0) is 14.2. The second-order valence-corrected chi connectivity index (χ2v) is 5.77. The second-order valence-electron chi connectivity index (χ2n) is 4.38. The van der Waals surface area contributed by atoms with Crippen LogP contribution in [0, 0.1) is 0 Å². The van der Waals surface area contributed by atoms with Crippen LogP contribution < -0.4 is 0 Å². The van der Waals surface area contributed by atoms with Crippen LogP contribution in [0.15, 0.2) is 48.8 Å². The summed E-state index contributed by atoms with van der Waals surface area (Å²) < 4.78 is 1.73. The number of pyridine rings is 1. The largest absolute Gasteiger partial charge is 0.264 e. The van der Waals surface area contributed by atoms with Gasteiger partial charge in [0.1, 0.15) is 5.01 Å². The SMILES string of the molecule is Clc1cccc(-c2nn3c(-c4cccnc4)nnc3s2)c1. The van der Waals surface area contributed by atoms with Crippen molar-refractivity contribution in [3.8, 4) is 22.0 Å². The maximum Gasteiger partial charge on any atom is 0.235 e. The molecule has 0 aliphatic carbocycles. The standard InChI is InChI=1S/C14H8ClN5S/c15-11-5-1-3-9(7-11)13-19-20-12(17-18-14(20)21-13)10-4-2-6-16-8-10/h1-8H. The van der Waals surface area contributed by atoms with Crippen LogP contribution in [-0.4, -0.2) is 24.8 Å². The molecule has 0 amide bonds. The molecule has 0 fully saturated rings. The highest BCUT2D eigenvalue weighted by Gasteiger charge is 2.14. The Kier molecular flexibility index (Phi) is 2.90. The van der Waals surface area contributed by atoms with Gasteiger partial charge in [0.2, 0.25) is 4.96 Å². The molecule has 3 aromatic heterocycles. The minimum absolute atomic E-state index is 0.683. The van der Waals surface area contributed by atoms with Crippen molar-refractivity contribution in [2.45, 2.75) is 0 Å². The van der Waals surface area contributed by atoms with Gasteiger partial charge in [-0.25, -0.2) is 0 Å². The highest BCUT2D eigenvalue weighted by atomic mass is 35.5. The van der Waals surface area contributed by atoms with Gasteiger partial charge in [-0.05, 0) is 24.3 Å². The molecule has 0 spiro atoms. The van der Waals surface area contributed by atoms with E-state index in [4.69, 9.17) is 11.6 Å². The Bertz CT molecular complexity index is 915. The Labute approximate surface area is 128 Å². The first-order chi connectivity index (χ1) is 10.3. The topological polar surface area (TPSA) is 56.0 Å². The molecule has 0 atom stereocenters. The van der Waals surface area contributed by atoms with Gasteiger partial charge in [0, 0.05) is 28.5 Å². The van der Waals surface area contributed by atoms with Gasteiger partial charge in [-0.1, -0.05) is 35.1 Å². The molecule has 7 heteroatoms. The van der Waals surface area contributed by atoms with Crippen molar-refractivity contribution in [1.29, 1.82) is 0 Å². The van der Waals surface area contributed by atoms with Crippen molar-refractivity contribution < 1.29 is 0 Å². The Hall–Kier alpha value is -2.31. The molecule has 0 saturated heterocycles. The third-order valence-corrected chi connectivity index (χ3v) is 4.17. The van der Waals surface area contributed by atoms with E-state index in [-0.39, 0.29) is 0 Å². The molecular weight excluding hydrogens is 306 g/mol. The molecule has 0 bridgehead atoms. The van der Waals surface area contributed by atoms with Gasteiger partial charge in [0.15, 0.2) is 5.82 Å². The van der Waals surface area contributed by atoms with E-state index in [1.165, 1.54) is 11.3 Å². The quantitative estimate of drug-likeness (QED) is 0.567. The van der Waals surface area contributed by atoms with E-state index in [1.807, 2.05) is 36.4 Å². The van der Waals surface area contributed by atoms with E-state index in [1.54, 1.807) is 16.9 Å². The molecular formula is C14H8ClN5S. The van der Waals surface area contributed by atoms with Gasteiger partial charge in [-0.3, -0.25) is 4.98 Å². The summed E-state index contributed by atoms with van der Waals surface area (Å²) in [6.07, 6.45) is 3.47. The summed E-state index contributed by atoms with van der Waals surface area (Å²) in [6.45, 7) is 0. The first-order valence-corrected chi connectivity index (χ1v) is 7.39. The number of fused-ring (bicyclic) bond motifs is 1. The first-order valence-electron chi connectivity index (χ1n) is 6.20. The molecule has 102 valence electrons. The summed E-state index contributed by atoms with van der Waals surface area (Å²) in [5.74, 6) is 0.683. The summed E-state index contributed by atoms with van der Waals surface area (Å²) in [4.78, 5) is 4.84. The van der Waals surface area contributed by atoms with Crippen LogP contribution in [0.1, 0.15) is 0 Å². The molecule has 0 aliphatic rings. The van der Waals surface area contributed by atoms with Gasteiger partial charge in [0.25, 0.3) is 0 Å². The van der Waals surface area contributed by atoms with Gasteiger partial charge in [-0.2, -0.15) is 9.61 Å². The number of halogens is 1. The van der Waals surface area contributed by atoms with Crippen molar-refractivity contribution in [3.63, 3.8) is 0 Å². The zero-order valence-electron chi connectivity index (χ0n) is 10.6. The van der Waals surface area contributed by atoms with Gasteiger partial charge >= 0.3 is 0 Å². The van der Waals surface area contributed by atoms with Crippen molar-refractivity contribution in [1.82, 2.24) is 24.8 Å². The van der Waals surface area contributed by atoms with E-state index >= 15 is 0 Å². The third-order valence-electron chi connectivity index (χ3n) is 2.98. The second kappa shape index (κ2) is 4.91. The lowest BCUT2D eigenvalue weighted by Gasteiger charge is -1.96. The molecule has 3 heterocycles. The van der Waals surface area contributed by atoms with Crippen LogP contribution in [-0.2, 0) is 0 Å². The van der Waals surface area contributed by atoms with Gasteiger partial charge in [-0.15, -0.1) is 10.2 Å². The van der Waals surface area contributed by atoms with Crippen molar-refractivity contribution in [2.75, 3.05) is 0 Å². The van der Waals surface area contributed by atoms with Crippen LogP contribution in [0.4, 0.5) is 0 Å². The minimum atomic E-state index is 0.683. The van der Waals surface area contributed by atoms with Crippen LogP contribution in [0.2, 0.25) is 5.02 Å². The molecule has 0 aliphatic heterocycles. The molecule has 1 aromatic carbocycles. The van der Waals surface area contributed by atoms with Crippen LogP contribution in [0.3, 0.4) is 0 Å². The van der Waals surface area contributed by atoms with Crippen LogP contribution >= 0.6 is 22.9 Å². The molecule has 0 unspecified atom stereocenters. The Morgan fingerprint density at radius 1 is 1.05 bits per heavy atom. The summed E-state index contributed by atoms with van der Waals surface area (Å²) in [7, 11) is 0. The molecule has 0 radical (unpaired) electrons. The predicted molar refractivity (Wildman–Crippen MR) is 82.3 cm³/mol. The number of aromatic nitrogens is 5. The predicted octanol–water partition coefficient (Wildman–Crippen LogP) is 3.57. The average molecular weight is 314 g/mol. The first kappa shape index (κ1) is 12.4. The van der Waals surface area contributed by atoms with Crippen LogP contribution in [0.5, 0.6) is 0 Å². The highest BCUT2D eigenvalue weighted by Crippen LogP contribution is 2.29. The van der Waals surface area contributed by atoms with E-state index < -0.39 is 0 Å². The monoisotopic (exact) mass is 313 g/mol. The maximum atomic E-state index is 6.03. The van der Waals surface area contributed by atoms with Crippen molar-refractivity contribution in [2.24, 2.45) is 0 Å². The fourth-order valence-corrected chi connectivity index (χ4v) is 3.06. The lowest BCUT2D eigenvalue weighted by molar-refractivity contribution is 0.969. The van der Waals surface area contributed by atoms with E-state index in [2.05, 4.69) is 20.3 Å². The van der Waals surface area contributed by atoms with Gasteiger partial charge in [0.05, 0.1) is 0 Å². The normalized spacial score (nSPS) is 11.1. The third kappa shape index (κ3) is 2.18. The summed E-state index contributed by atoms with van der Waals surface area (Å²) >= 11 is 7.50. The van der Waals surface area contributed by atoms with Gasteiger partial charge < -0.3 is 0 Å². The number of rotatable bonds is 2. The fourth-order valence-electron chi connectivity index (χ4n) is 2.03. The maximum absolute atomic E-state index is 6.03. The van der Waals surface area contributed by atoms with E-state index in [0.29, 0.717) is 10.8 Å². The Morgan fingerprint density at radius 3 is 2.76 bits per heavy atom. The highest BCUT2D eigenvalue weighted by molar-refractivity contribution is 7.19. The Morgan fingerprint density at radius 2 is 1.95 bits per heavy atom. The lowest BCUT2D eigenvalue weighted by Crippen LogP contribution is -1.91. The molecule has 0 saturated carbocycles. The fraction of sp³-hybridized carbons (Fsp3) is 0. The van der Waals surface area contributed by atoms with E-state index in [9.17, 15) is 0 Å².